The summed E-state index contributed by atoms with van der Waals surface area (Å²) < 4.78 is 19.7. The Labute approximate surface area is 135 Å². The highest BCUT2D eigenvalue weighted by molar-refractivity contribution is 14.1. The molecule has 5 atom stereocenters. The van der Waals surface area contributed by atoms with Gasteiger partial charge in [0.05, 0.1) is 0 Å². The van der Waals surface area contributed by atoms with Crippen molar-refractivity contribution in [2.45, 2.75) is 49.3 Å². The fourth-order valence-corrected chi connectivity index (χ4v) is 2.60. The number of carbonyl (C=O) groups excluding carboxylic acids is 3. The number of hydrogen-bond acceptors (Lipinski definition) is 8. The molecule has 1 aliphatic rings. The van der Waals surface area contributed by atoms with Crippen molar-refractivity contribution in [2.75, 3.05) is 6.61 Å². The largest absolute Gasteiger partial charge is 0.463 e. The van der Waals surface area contributed by atoms with Gasteiger partial charge in [0, 0.05) is 20.8 Å². The first-order chi connectivity index (χ1) is 9.72. The van der Waals surface area contributed by atoms with Crippen molar-refractivity contribution in [3.8, 4) is 0 Å². The van der Waals surface area contributed by atoms with E-state index in [2.05, 4.69) is 0 Å². The van der Waals surface area contributed by atoms with Gasteiger partial charge in [-0.05, 0) is 0 Å². The molecule has 0 amide bonds. The van der Waals surface area contributed by atoms with Crippen molar-refractivity contribution in [1.82, 2.24) is 0 Å². The SMILES string of the molecule is CC(=O)OC[C@H]1O[C@H](O)[C@@H](I)[C@@H](OC(C)=O)[C@H]1OC(C)=O. The smallest absolute Gasteiger partial charge is 0.303 e. The highest BCUT2D eigenvalue weighted by Crippen LogP contribution is 2.30. The highest BCUT2D eigenvalue weighted by Gasteiger charge is 2.48. The van der Waals surface area contributed by atoms with Gasteiger partial charge in [-0.2, -0.15) is 0 Å². The Hall–Kier alpha value is -0.940. The van der Waals surface area contributed by atoms with Gasteiger partial charge in [-0.15, -0.1) is 0 Å². The molecule has 0 aliphatic carbocycles. The first-order valence-corrected chi connectivity index (χ1v) is 7.42. The number of rotatable bonds is 4. The van der Waals surface area contributed by atoms with Crippen LogP contribution in [0.4, 0.5) is 0 Å². The summed E-state index contributed by atoms with van der Waals surface area (Å²) in [6.45, 7) is 3.38. The third kappa shape index (κ3) is 5.40. The minimum atomic E-state index is -1.25. The van der Waals surface area contributed by atoms with Gasteiger partial charge in [-0.3, -0.25) is 14.4 Å². The summed E-state index contributed by atoms with van der Waals surface area (Å²) >= 11 is 1.84. The summed E-state index contributed by atoms with van der Waals surface area (Å²) in [6, 6.07) is 0. The standard InChI is InChI=1S/C12H17IO8/c1-5(14)18-4-8-10(19-6(2)15)11(20-7(3)16)9(13)12(17)21-8/h8-12,17H,4H2,1-3H3/t8-,9+,10+,11-,12+/m1/s1. The molecule has 21 heavy (non-hydrogen) atoms. The molecule has 0 aromatic carbocycles. The second kappa shape index (κ2) is 7.90. The van der Waals surface area contributed by atoms with E-state index in [1.165, 1.54) is 20.8 Å². The van der Waals surface area contributed by atoms with Crippen molar-refractivity contribution in [1.29, 1.82) is 0 Å². The summed E-state index contributed by atoms with van der Waals surface area (Å²) in [7, 11) is 0. The summed E-state index contributed by atoms with van der Waals surface area (Å²) in [5.41, 5.74) is 0. The number of alkyl halides is 1. The predicted octanol–water partition coefficient (Wildman–Crippen LogP) is -0.0663. The molecule has 1 saturated heterocycles. The lowest BCUT2D eigenvalue weighted by molar-refractivity contribution is -0.246. The zero-order valence-electron chi connectivity index (χ0n) is 11.8. The normalized spacial score (nSPS) is 32.1. The van der Waals surface area contributed by atoms with Gasteiger partial charge in [0.2, 0.25) is 0 Å². The van der Waals surface area contributed by atoms with Crippen LogP contribution in [0.15, 0.2) is 0 Å². The molecule has 8 nitrogen and oxygen atoms in total. The van der Waals surface area contributed by atoms with E-state index >= 15 is 0 Å². The predicted molar refractivity (Wildman–Crippen MR) is 76.4 cm³/mol. The Morgan fingerprint density at radius 2 is 1.57 bits per heavy atom. The Bertz CT molecular complexity index is 412. The van der Waals surface area contributed by atoms with E-state index in [4.69, 9.17) is 18.9 Å². The topological polar surface area (TPSA) is 108 Å². The molecule has 1 fully saturated rings. The van der Waals surface area contributed by atoms with Crippen LogP contribution < -0.4 is 0 Å². The number of ether oxygens (including phenoxy) is 4. The lowest BCUT2D eigenvalue weighted by atomic mass is 10.0. The number of carbonyl (C=O) groups is 3. The summed E-state index contributed by atoms with van der Waals surface area (Å²) in [5.74, 6) is -1.73. The third-order valence-corrected chi connectivity index (χ3v) is 3.97. The Morgan fingerprint density at radius 1 is 1.05 bits per heavy atom. The average molecular weight is 416 g/mol. The Balaban J connectivity index is 2.94. The molecule has 0 bridgehead atoms. The summed E-state index contributed by atoms with van der Waals surface area (Å²) in [5, 5.41) is 9.85. The molecular weight excluding hydrogens is 399 g/mol. The van der Waals surface area contributed by atoms with E-state index in [9.17, 15) is 19.5 Å². The lowest BCUT2D eigenvalue weighted by Crippen LogP contribution is -2.59. The number of hydrogen-bond donors (Lipinski definition) is 1. The molecule has 1 rings (SSSR count). The Kier molecular flexibility index (Phi) is 6.81. The van der Waals surface area contributed by atoms with Crippen LogP contribution in [-0.4, -0.2) is 58.1 Å². The molecule has 9 heteroatoms. The van der Waals surface area contributed by atoms with E-state index < -0.39 is 46.4 Å². The molecule has 0 unspecified atom stereocenters. The van der Waals surface area contributed by atoms with Crippen LogP contribution in [0.3, 0.4) is 0 Å². The van der Waals surface area contributed by atoms with E-state index in [0.717, 1.165) is 0 Å². The van der Waals surface area contributed by atoms with Crippen LogP contribution in [0, 0.1) is 0 Å². The van der Waals surface area contributed by atoms with Gasteiger partial charge in [-0.25, -0.2) is 0 Å². The van der Waals surface area contributed by atoms with Crippen LogP contribution >= 0.6 is 22.6 Å². The molecule has 0 aromatic rings. The number of aliphatic hydroxyl groups excluding tert-OH is 1. The van der Waals surface area contributed by atoms with Crippen LogP contribution in [0.1, 0.15) is 20.8 Å². The van der Waals surface area contributed by atoms with Gasteiger partial charge in [-0.1, -0.05) is 22.6 Å². The Morgan fingerprint density at radius 3 is 2.05 bits per heavy atom. The summed E-state index contributed by atoms with van der Waals surface area (Å²) in [6.07, 6.45) is -4.06. The van der Waals surface area contributed by atoms with E-state index in [1.807, 2.05) is 22.6 Å². The molecule has 1 aliphatic heterocycles. The van der Waals surface area contributed by atoms with E-state index in [-0.39, 0.29) is 6.61 Å². The number of aliphatic hydroxyl groups is 1. The second-order valence-electron chi connectivity index (χ2n) is 4.46. The van der Waals surface area contributed by atoms with Gasteiger partial charge >= 0.3 is 17.9 Å². The molecule has 0 aromatic heterocycles. The third-order valence-electron chi connectivity index (χ3n) is 2.65. The second-order valence-corrected chi connectivity index (χ2v) is 5.90. The lowest BCUT2D eigenvalue weighted by Gasteiger charge is -2.41. The number of halogens is 1. The van der Waals surface area contributed by atoms with Gasteiger partial charge in [0.15, 0.2) is 18.5 Å². The number of esters is 3. The first-order valence-electron chi connectivity index (χ1n) is 6.17. The first kappa shape index (κ1) is 18.1. The van der Waals surface area contributed by atoms with Crippen LogP contribution in [-0.2, 0) is 33.3 Å². The molecule has 0 radical (unpaired) electrons. The maximum Gasteiger partial charge on any atom is 0.303 e. The van der Waals surface area contributed by atoms with Gasteiger partial charge < -0.3 is 24.1 Å². The van der Waals surface area contributed by atoms with Crippen molar-refractivity contribution >= 4 is 40.5 Å². The minimum absolute atomic E-state index is 0.231. The quantitative estimate of drug-likeness (QED) is 0.294. The fourth-order valence-electron chi connectivity index (χ4n) is 1.88. The minimum Gasteiger partial charge on any atom is -0.463 e. The summed E-state index contributed by atoms with van der Waals surface area (Å²) in [4.78, 5) is 33.3. The van der Waals surface area contributed by atoms with Crippen molar-refractivity contribution < 1.29 is 38.4 Å². The van der Waals surface area contributed by atoms with Crippen molar-refractivity contribution in [3.05, 3.63) is 0 Å². The average Bonchev–Trinajstić information content (AvgIpc) is 2.35. The van der Waals surface area contributed by atoms with Crippen LogP contribution in [0.2, 0.25) is 0 Å². The molecule has 0 spiro atoms. The fraction of sp³-hybridized carbons (Fsp3) is 0.750. The van der Waals surface area contributed by atoms with Gasteiger partial charge in [0.1, 0.15) is 16.6 Å². The van der Waals surface area contributed by atoms with Crippen molar-refractivity contribution in [3.63, 3.8) is 0 Å². The molecular formula is C12H17IO8. The van der Waals surface area contributed by atoms with Crippen molar-refractivity contribution in [2.24, 2.45) is 0 Å². The molecule has 1 heterocycles. The highest BCUT2D eigenvalue weighted by atomic mass is 127. The maximum atomic E-state index is 11.2. The molecule has 1 N–H and O–H groups in total. The molecule has 0 saturated carbocycles. The molecule has 120 valence electrons. The van der Waals surface area contributed by atoms with E-state index in [0.29, 0.717) is 0 Å². The van der Waals surface area contributed by atoms with E-state index in [1.54, 1.807) is 0 Å². The maximum absolute atomic E-state index is 11.2. The zero-order valence-corrected chi connectivity index (χ0v) is 13.9. The zero-order chi connectivity index (χ0) is 16.2. The van der Waals surface area contributed by atoms with Gasteiger partial charge in [0.25, 0.3) is 0 Å². The van der Waals surface area contributed by atoms with Crippen LogP contribution in [0.25, 0.3) is 0 Å². The van der Waals surface area contributed by atoms with Crippen LogP contribution in [0.5, 0.6) is 0 Å². The monoisotopic (exact) mass is 416 g/mol.